The second-order valence-corrected chi connectivity index (χ2v) is 5.10. The summed E-state index contributed by atoms with van der Waals surface area (Å²) in [6.45, 7) is 0.298. The summed E-state index contributed by atoms with van der Waals surface area (Å²) in [5, 5.41) is 3.70. The zero-order chi connectivity index (χ0) is 13.8. The lowest BCUT2D eigenvalue weighted by Crippen LogP contribution is -2.04. The summed E-state index contributed by atoms with van der Waals surface area (Å²) >= 11 is 9.49. The molecule has 1 heterocycles. The van der Waals surface area contributed by atoms with E-state index in [1.165, 1.54) is 0 Å². The lowest BCUT2D eigenvalue weighted by molar-refractivity contribution is 0.178. The highest BCUT2D eigenvalue weighted by Gasteiger charge is 2.06. The molecular formula is C12H12BrClN4O. The van der Waals surface area contributed by atoms with Crippen LogP contribution in [0, 0.1) is 0 Å². The van der Waals surface area contributed by atoms with Crippen molar-refractivity contribution >= 4 is 44.9 Å². The Bertz CT molecular complexity index is 594. The maximum Gasteiger partial charge on any atom is 0.158 e. The van der Waals surface area contributed by atoms with E-state index in [-0.39, 0.29) is 0 Å². The summed E-state index contributed by atoms with van der Waals surface area (Å²) in [4.78, 5) is 8.35. The first-order chi connectivity index (χ1) is 9.08. The van der Waals surface area contributed by atoms with Crippen molar-refractivity contribution in [1.82, 2.24) is 9.97 Å². The van der Waals surface area contributed by atoms with Crippen molar-refractivity contribution in [1.29, 1.82) is 0 Å². The Morgan fingerprint density at radius 2 is 2.16 bits per heavy atom. The van der Waals surface area contributed by atoms with Crippen LogP contribution in [-0.2, 0) is 11.3 Å². The van der Waals surface area contributed by atoms with Crippen LogP contribution in [0.4, 0.5) is 17.3 Å². The van der Waals surface area contributed by atoms with Crippen LogP contribution >= 0.6 is 27.5 Å². The molecule has 19 heavy (non-hydrogen) atoms. The SMILES string of the molecule is COCc1nc(N)cc(Nc2cc(Br)ccc2Cl)n1. The summed E-state index contributed by atoms with van der Waals surface area (Å²) in [7, 11) is 1.57. The molecule has 2 rings (SSSR count). The van der Waals surface area contributed by atoms with E-state index in [0.29, 0.717) is 29.1 Å². The zero-order valence-corrected chi connectivity index (χ0v) is 12.5. The maximum absolute atomic E-state index is 6.10. The Labute approximate surface area is 124 Å². The molecule has 100 valence electrons. The molecule has 0 unspecified atom stereocenters. The third-order valence-corrected chi connectivity index (χ3v) is 3.08. The van der Waals surface area contributed by atoms with E-state index in [1.807, 2.05) is 12.1 Å². The summed E-state index contributed by atoms with van der Waals surface area (Å²) < 4.78 is 5.90. The van der Waals surface area contributed by atoms with Crippen molar-refractivity contribution in [2.75, 3.05) is 18.2 Å². The molecule has 0 fully saturated rings. The van der Waals surface area contributed by atoms with Crippen LogP contribution in [0.5, 0.6) is 0 Å². The van der Waals surface area contributed by atoms with Gasteiger partial charge in [-0.2, -0.15) is 0 Å². The van der Waals surface area contributed by atoms with Gasteiger partial charge in [0.1, 0.15) is 18.2 Å². The normalized spacial score (nSPS) is 10.5. The van der Waals surface area contributed by atoms with Gasteiger partial charge in [0, 0.05) is 17.6 Å². The van der Waals surface area contributed by atoms with Gasteiger partial charge in [-0.1, -0.05) is 27.5 Å². The topological polar surface area (TPSA) is 73.1 Å². The van der Waals surface area contributed by atoms with Crippen molar-refractivity contribution in [2.45, 2.75) is 6.61 Å². The van der Waals surface area contributed by atoms with Gasteiger partial charge in [-0.25, -0.2) is 9.97 Å². The number of rotatable bonds is 4. The number of nitrogen functional groups attached to an aromatic ring is 1. The van der Waals surface area contributed by atoms with Crippen LogP contribution in [0.15, 0.2) is 28.7 Å². The van der Waals surface area contributed by atoms with E-state index < -0.39 is 0 Å². The average molecular weight is 344 g/mol. The predicted octanol–water partition coefficient (Wildman–Crippen LogP) is 3.36. The molecule has 7 heteroatoms. The highest BCUT2D eigenvalue weighted by molar-refractivity contribution is 9.10. The number of aromatic nitrogens is 2. The molecule has 0 saturated heterocycles. The third kappa shape index (κ3) is 3.79. The number of nitrogens with one attached hydrogen (secondary N) is 1. The second-order valence-electron chi connectivity index (χ2n) is 3.78. The molecule has 0 aliphatic heterocycles. The number of ether oxygens (including phenoxy) is 1. The third-order valence-electron chi connectivity index (χ3n) is 2.26. The Kier molecular flexibility index (Phi) is 4.57. The number of methoxy groups -OCH3 is 1. The molecule has 1 aromatic heterocycles. The van der Waals surface area contributed by atoms with Crippen LogP contribution in [0.1, 0.15) is 5.82 Å². The standard InChI is InChI=1S/C12H12BrClN4O/c1-19-6-12-17-10(15)5-11(18-12)16-9-4-7(13)2-3-8(9)14/h2-5H,6H2,1H3,(H3,15,16,17,18). The minimum absolute atomic E-state index is 0.298. The quantitative estimate of drug-likeness (QED) is 0.890. The molecule has 0 aliphatic rings. The Morgan fingerprint density at radius 1 is 1.37 bits per heavy atom. The molecule has 0 spiro atoms. The molecular weight excluding hydrogens is 332 g/mol. The van der Waals surface area contributed by atoms with Gasteiger partial charge in [0.15, 0.2) is 5.82 Å². The van der Waals surface area contributed by atoms with Crippen molar-refractivity contribution in [2.24, 2.45) is 0 Å². The van der Waals surface area contributed by atoms with Crippen LogP contribution in [0.3, 0.4) is 0 Å². The van der Waals surface area contributed by atoms with Gasteiger partial charge in [-0.15, -0.1) is 0 Å². The van der Waals surface area contributed by atoms with E-state index in [0.717, 1.165) is 10.2 Å². The van der Waals surface area contributed by atoms with Crippen LogP contribution in [0.25, 0.3) is 0 Å². The second kappa shape index (κ2) is 6.18. The first-order valence-electron chi connectivity index (χ1n) is 5.43. The van der Waals surface area contributed by atoms with E-state index in [4.69, 9.17) is 22.1 Å². The van der Waals surface area contributed by atoms with Gasteiger partial charge < -0.3 is 15.8 Å². The van der Waals surface area contributed by atoms with Crippen molar-refractivity contribution in [3.63, 3.8) is 0 Å². The molecule has 0 bridgehead atoms. The minimum Gasteiger partial charge on any atom is -0.384 e. The molecule has 3 N–H and O–H groups in total. The number of hydrogen-bond acceptors (Lipinski definition) is 5. The highest BCUT2D eigenvalue weighted by Crippen LogP contribution is 2.28. The minimum atomic E-state index is 0.298. The molecule has 0 radical (unpaired) electrons. The number of anilines is 3. The zero-order valence-electron chi connectivity index (χ0n) is 10.2. The first kappa shape index (κ1) is 14.0. The molecule has 0 atom stereocenters. The Hall–Kier alpha value is -1.37. The fourth-order valence-electron chi connectivity index (χ4n) is 1.51. The number of halogens is 2. The number of benzene rings is 1. The van der Waals surface area contributed by atoms with Gasteiger partial charge in [-0.05, 0) is 18.2 Å². The largest absolute Gasteiger partial charge is 0.384 e. The van der Waals surface area contributed by atoms with E-state index in [2.05, 4.69) is 31.2 Å². The molecule has 2 aromatic rings. The van der Waals surface area contributed by atoms with Crippen molar-refractivity contribution < 1.29 is 4.74 Å². The first-order valence-corrected chi connectivity index (χ1v) is 6.60. The predicted molar refractivity (Wildman–Crippen MR) is 79.6 cm³/mol. The lowest BCUT2D eigenvalue weighted by atomic mass is 10.3. The van der Waals surface area contributed by atoms with E-state index in [9.17, 15) is 0 Å². The van der Waals surface area contributed by atoms with Crippen molar-refractivity contribution in [3.8, 4) is 0 Å². The molecule has 5 nitrogen and oxygen atoms in total. The van der Waals surface area contributed by atoms with E-state index >= 15 is 0 Å². The Balaban J connectivity index is 2.29. The van der Waals surface area contributed by atoms with Crippen molar-refractivity contribution in [3.05, 3.63) is 39.6 Å². The fourth-order valence-corrected chi connectivity index (χ4v) is 2.03. The van der Waals surface area contributed by atoms with Crippen LogP contribution in [-0.4, -0.2) is 17.1 Å². The fraction of sp³-hybridized carbons (Fsp3) is 0.167. The molecule has 1 aromatic carbocycles. The van der Waals surface area contributed by atoms with E-state index in [1.54, 1.807) is 19.2 Å². The van der Waals surface area contributed by atoms with Crippen LogP contribution < -0.4 is 11.1 Å². The summed E-state index contributed by atoms with van der Waals surface area (Å²) in [5.41, 5.74) is 6.46. The van der Waals surface area contributed by atoms with Gasteiger partial charge in [-0.3, -0.25) is 0 Å². The summed E-state index contributed by atoms with van der Waals surface area (Å²) in [6, 6.07) is 7.14. The number of hydrogen-bond donors (Lipinski definition) is 2. The van der Waals surface area contributed by atoms with Gasteiger partial charge >= 0.3 is 0 Å². The van der Waals surface area contributed by atoms with Gasteiger partial charge in [0.05, 0.1) is 10.7 Å². The Morgan fingerprint density at radius 3 is 2.89 bits per heavy atom. The average Bonchev–Trinajstić information content (AvgIpc) is 2.33. The summed E-state index contributed by atoms with van der Waals surface area (Å²) in [5.74, 6) is 1.45. The number of nitrogens with two attached hydrogens (primary N) is 1. The maximum atomic E-state index is 6.10. The number of nitrogens with zero attached hydrogens (tertiary/aromatic N) is 2. The van der Waals surface area contributed by atoms with Gasteiger partial charge in [0.25, 0.3) is 0 Å². The highest BCUT2D eigenvalue weighted by atomic mass is 79.9. The smallest absolute Gasteiger partial charge is 0.158 e. The molecule has 0 aliphatic carbocycles. The molecule has 0 saturated carbocycles. The summed E-state index contributed by atoms with van der Waals surface area (Å²) in [6.07, 6.45) is 0. The van der Waals surface area contributed by atoms with Crippen LogP contribution in [0.2, 0.25) is 5.02 Å². The monoisotopic (exact) mass is 342 g/mol. The lowest BCUT2D eigenvalue weighted by Gasteiger charge is -2.10. The van der Waals surface area contributed by atoms with Gasteiger partial charge in [0.2, 0.25) is 0 Å². The molecule has 0 amide bonds.